The average molecular weight is 126 g/mol. The zero-order valence-electron chi connectivity index (χ0n) is 1.52. The summed E-state index contributed by atoms with van der Waals surface area (Å²) < 4.78 is 8.28. The van der Waals surface area contributed by atoms with E-state index in [1.165, 1.54) is 0 Å². The first-order valence-electron chi connectivity index (χ1n) is 0.289. The number of hydrogen-bond acceptors (Lipinski definition) is 1. The molecule has 22 valence electrons. The van der Waals surface area contributed by atoms with E-state index < -0.39 is 0 Å². The SMILES string of the molecule is [AlH3].[Cr].[O]=[AlH]. The summed E-state index contributed by atoms with van der Waals surface area (Å²) in [6, 6.07) is 0. The fourth-order valence-corrected chi connectivity index (χ4v) is 0. The quantitative estimate of drug-likeness (QED) is 0.344. The van der Waals surface area contributed by atoms with Gasteiger partial charge in [-0.25, -0.2) is 0 Å². The van der Waals surface area contributed by atoms with Gasteiger partial charge in [0.25, 0.3) is 0 Å². The Bertz CT molecular complexity index is 6.00. The predicted molar refractivity (Wildman–Crippen MR) is 17.8 cm³/mol. The van der Waals surface area contributed by atoms with Crippen LogP contribution in [0.25, 0.3) is 0 Å². The topological polar surface area (TPSA) is 17.1 Å². The Kier molecular flexibility index (Phi) is 118. The van der Waals surface area contributed by atoms with Gasteiger partial charge in [0.1, 0.15) is 0 Å². The maximum absolute atomic E-state index is 8.28. The predicted octanol–water partition coefficient (Wildman–Crippen LogP) is -1.95. The van der Waals surface area contributed by atoms with E-state index in [1.807, 2.05) is 0 Å². The molecule has 0 rings (SSSR count). The van der Waals surface area contributed by atoms with Gasteiger partial charge in [0.2, 0.25) is 0 Å². The molecular formula is H4Al2CrO. The Balaban J connectivity index is -0.00000000500. The summed E-state index contributed by atoms with van der Waals surface area (Å²) in [5, 5.41) is 0. The van der Waals surface area contributed by atoms with E-state index in [-0.39, 0.29) is 34.7 Å². The summed E-state index contributed by atoms with van der Waals surface area (Å²) in [6.07, 6.45) is 0. The van der Waals surface area contributed by atoms with Crippen LogP contribution in [-0.4, -0.2) is 33.6 Å². The van der Waals surface area contributed by atoms with Crippen LogP contribution in [0.3, 0.4) is 0 Å². The van der Waals surface area contributed by atoms with Gasteiger partial charge in [-0.15, -0.1) is 0 Å². The van der Waals surface area contributed by atoms with Crippen molar-refractivity contribution in [3.8, 4) is 0 Å². The first kappa shape index (κ1) is 18.2. The fourth-order valence-electron chi connectivity index (χ4n) is 0. The Labute approximate surface area is 54.7 Å². The van der Waals surface area contributed by atoms with E-state index >= 15 is 0 Å². The molecule has 1 nitrogen and oxygen atoms in total. The number of hydrogen-bond donors (Lipinski definition) is 0. The molecule has 0 bridgehead atoms. The maximum atomic E-state index is 8.28. The first-order chi connectivity index (χ1) is 1.00. The third kappa shape index (κ3) is 10.00. The van der Waals surface area contributed by atoms with Crippen LogP contribution < -0.4 is 0 Å². The molecule has 0 heterocycles. The zero-order valence-corrected chi connectivity index (χ0v) is 4.21. The van der Waals surface area contributed by atoms with Gasteiger partial charge in [-0.3, -0.25) is 0 Å². The molecule has 0 unspecified atom stereocenters. The van der Waals surface area contributed by atoms with E-state index in [4.69, 9.17) is 3.80 Å². The van der Waals surface area contributed by atoms with Gasteiger partial charge in [0.05, 0.1) is 0 Å². The van der Waals surface area contributed by atoms with E-state index in [0.717, 1.165) is 0 Å². The second-order valence-electron chi connectivity index (χ2n) is 0. The Morgan fingerprint density at radius 3 is 1.25 bits per heavy atom. The van der Waals surface area contributed by atoms with Crippen LogP contribution in [0.5, 0.6) is 0 Å². The Morgan fingerprint density at radius 2 is 1.25 bits per heavy atom. The van der Waals surface area contributed by atoms with E-state index in [0.29, 0.717) is 16.2 Å². The standard InChI is InChI=1S/2Al.Cr.O.4H. The van der Waals surface area contributed by atoms with Crippen LogP contribution in [0.2, 0.25) is 0 Å². The number of rotatable bonds is 0. The van der Waals surface area contributed by atoms with Gasteiger partial charge in [-0.2, -0.15) is 0 Å². The van der Waals surface area contributed by atoms with Gasteiger partial charge < -0.3 is 0 Å². The summed E-state index contributed by atoms with van der Waals surface area (Å²) in [4.78, 5) is 0. The van der Waals surface area contributed by atoms with Gasteiger partial charge in [0, 0.05) is 17.4 Å². The van der Waals surface area contributed by atoms with Crippen LogP contribution >= 0.6 is 0 Å². The molecule has 0 aromatic rings. The van der Waals surface area contributed by atoms with Crippen molar-refractivity contribution >= 4 is 33.6 Å². The molecule has 0 atom stereocenters. The molecule has 0 aliphatic heterocycles. The van der Waals surface area contributed by atoms with Crippen LogP contribution in [0, 0.1) is 0 Å². The van der Waals surface area contributed by atoms with Crippen LogP contribution in [0.15, 0.2) is 0 Å². The van der Waals surface area contributed by atoms with Gasteiger partial charge in [-0.05, 0) is 0 Å². The van der Waals surface area contributed by atoms with Gasteiger partial charge in [-0.1, -0.05) is 0 Å². The zero-order chi connectivity index (χ0) is 2.00. The average Bonchev–Trinajstić information content (AvgIpc) is 1.00. The second kappa shape index (κ2) is 26.0. The van der Waals surface area contributed by atoms with Crippen molar-refractivity contribution in [1.82, 2.24) is 0 Å². The van der Waals surface area contributed by atoms with Crippen molar-refractivity contribution < 1.29 is 21.2 Å². The van der Waals surface area contributed by atoms with Crippen molar-refractivity contribution in [3.63, 3.8) is 0 Å². The van der Waals surface area contributed by atoms with Gasteiger partial charge >= 0.3 is 20.0 Å². The molecule has 0 radical (unpaired) electrons. The normalized spacial score (nSPS) is 0.750. The second-order valence-corrected chi connectivity index (χ2v) is 0. The summed E-state index contributed by atoms with van der Waals surface area (Å²) in [7, 11) is 0. The third-order valence-electron chi connectivity index (χ3n) is 0. The summed E-state index contributed by atoms with van der Waals surface area (Å²) in [5.74, 6) is 0. The molecule has 0 saturated heterocycles. The molecule has 0 aromatic carbocycles. The molecular weight excluding hydrogens is 122 g/mol. The summed E-state index contributed by atoms with van der Waals surface area (Å²) in [6.45, 7) is 0. The minimum atomic E-state index is 0. The van der Waals surface area contributed by atoms with Gasteiger partial charge in [0.15, 0.2) is 17.4 Å². The van der Waals surface area contributed by atoms with Crippen LogP contribution in [0.1, 0.15) is 0 Å². The third-order valence-corrected chi connectivity index (χ3v) is 0. The van der Waals surface area contributed by atoms with Crippen molar-refractivity contribution in [3.05, 3.63) is 0 Å². The monoisotopic (exact) mass is 126 g/mol. The van der Waals surface area contributed by atoms with Crippen LogP contribution in [-0.2, 0) is 21.2 Å². The minimum absolute atomic E-state index is 0. The molecule has 4 heavy (non-hydrogen) atoms. The van der Waals surface area contributed by atoms with E-state index in [2.05, 4.69) is 0 Å². The van der Waals surface area contributed by atoms with Crippen molar-refractivity contribution in [1.29, 1.82) is 0 Å². The molecule has 0 N–H and O–H groups in total. The molecule has 0 amide bonds. The molecule has 0 fully saturated rings. The van der Waals surface area contributed by atoms with Crippen molar-refractivity contribution in [2.75, 3.05) is 0 Å². The molecule has 0 aliphatic rings. The van der Waals surface area contributed by atoms with E-state index in [1.54, 1.807) is 0 Å². The molecule has 4 heteroatoms. The molecule has 0 aromatic heterocycles. The Hall–Kier alpha value is 1.40. The summed E-state index contributed by atoms with van der Waals surface area (Å²) >= 11 is 0.611. The fraction of sp³-hybridized carbons (Fsp3) is 0. The molecule has 0 aliphatic carbocycles. The van der Waals surface area contributed by atoms with Crippen LogP contribution in [0.4, 0.5) is 0 Å². The summed E-state index contributed by atoms with van der Waals surface area (Å²) in [5.41, 5.74) is 0. The molecule has 0 spiro atoms. The van der Waals surface area contributed by atoms with Crippen molar-refractivity contribution in [2.45, 2.75) is 0 Å². The van der Waals surface area contributed by atoms with Crippen molar-refractivity contribution in [2.24, 2.45) is 0 Å². The Morgan fingerprint density at radius 1 is 1.25 bits per heavy atom. The molecule has 0 saturated carbocycles. The first-order valence-corrected chi connectivity index (χ1v) is 0.866. The van der Waals surface area contributed by atoms with E-state index in [9.17, 15) is 0 Å².